The van der Waals surface area contributed by atoms with E-state index in [2.05, 4.69) is 19.9 Å². The third kappa shape index (κ3) is 2.79. The van der Waals surface area contributed by atoms with Gasteiger partial charge in [-0.05, 0) is 12.8 Å². The second-order valence-corrected chi connectivity index (χ2v) is 6.10. The quantitative estimate of drug-likeness (QED) is 0.810. The van der Waals surface area contributed by atoms with E-state index in [9.17, 15) is 8.42 Å². The van der Waals surface area contributed by atoms with Crippen molar-refractivity contribution in [1.82, 2.24) is 19.9 Å². The van der Waals surface area contributed by atoms with Gasteiger partial charge in [-0.1, -0.05) is 19.3 Å². The van der Waals surface area contributed by atoms with Gasteiger partial charge in [0.1, 0.15) is 12.2 Å². The third-order valence-corrected chi connectivity index (χ3v) is 4.79. The second-order valence-electron chi connectivity index (χ2n) is 4.06. The first kappa shape index (κ1) is 11.5. The van der Waals surface area contributed by atoms with E-state index in [1.54, 1.807) is 0 Å². The van der Waals surface area contributed by atoms with Crippen molar-refractivity contribution in [2.75, 3.05) is 0 Å². The van der Waals surface area contributed by atoms with E-state index in [4.69, 9.17) is 0 Å². The lowest BCUT2D eigenvalue weighted by Crippen LogP contribution is -2.35. The second kappa shape index (κ2) is 4.92. The van der Waals surface area contributed by atoms with E-state index in [1.807, 2.05) is 0 Å². The van der Waals surface area contributed by atoms with Crippen molar-refractivity contribution < 1.29 is 8.42 Å². The van der Waals surface area contributed by atoms with E-state index >= 15 is 0 Å². The number of nitrogens with zero attached hydrogens (tertiary/aromatic N) is 2. The summed E-state index contributed by atoms with van der Waals surface area (Å²) in [5.74, 6) is 0.541. The van der Waals surface area contributed by atoms with Gasteiger partial charge in [0.25, 0.3) is 0 Å². The van der Waals surface area contributed by atoms with Gasteiger partial charge >= 0.3 is 0 Å². The van der Waals surface area contributed by atoms with Gasteiger partial charge < -0.3 is 0 Å². The molecule has 0 spiro atoms. The Balaban J connectivity index is 1.91. The van der Waals surface area contributed by atoms with Crippen LogP contribution < -0.4 is 4.72 Å². The Labute approximate surface area is 94.9 Å². The highest BCUT2D eigenvalue weighted by molar-refractivity contribution is 7.90. The largest absolute Gasteiger partial charge is 0.262 e. The molecule has 1 fully saturated rings. The van der Waals surface area contributed by atoms with E-state index < -0.39 is 10.0 Å². The lowest BCUT2D eigenvalue weighted by Gasteiger charge is -2.21. The Bertz CT molecular complexity index is 409. The first-order chi connectivity index (χ1) is 7.68. The molecule has 6 nitrogen and oxygen atoms in total. The van der Waals surface area contributed by atoms with Crippen LogP contribution in [0.15, 0.2) is 6.33 Å². The Morgan fingerprint density at radius 3 is 2.75 bits per heavy atom. The van der Waals surface area contributed by atoms with Crippen LogP contribution in [0.5, 0.6) is 0 Å². The zero-order valence-electron chi connectivity index (χ0n) is 9.02. The summed E-state index contributed by atoms with van der Waals surface area (Å²) in [5, 5.41) is 6.06. The van der Waals surface area contributed by atoms with E-state index in [1.165, 1.54) is 6.33 Å². The van der Waals surface area contributed by atoms with E-state index in [0.717, 1.165) is 32.1 Å². The minimum atomic E-state index is -3.20. The van der Waals surface area contributed by atoms with Gasteiger partial charge in [0.15, 0.2) is 0 Å². The van der Waals surface area contributed by atoms with E-state index in [0.29, 0.717) is 5.82 Å². The molecule has 0 unspecified atom stereocenters. The van der Waals surface area contributed by atoms with Crippen LogP contribution >= 0.6 is 0 Å². The molecule has 0 aliphatic heterocycles. The summed E-state index contributed by atoms with van der Waals surface area (Å²) in [6.45, 7) is 0.193. The molecule has 0 saturated heterocycles. The number of hydrogen-bond donors (Lipinski definition) is 2. The van der Waals surface area contributed by atoms with Crippen molar-refractivity contribution >= 4 is 10.0 Å². The van der Waals surface area contributed by atoms with Crippen molar-refractivity contribution in [2.24, 2.45) is 0 Å². The maximum absolute atomic E-state index is 11.9. The molecule has 1 aliphatic rings. The van der Waals surface area contributed by atoms with Crippen LogP contribution in [0.1, 0.15) is 37.9 Å². The fourth-order valence-corrected chi connectivity index (χ4v) is 3.51. The molecule has 7 heteroatoms. The molecule has 16 heavy (non-hydrogen) atoms. The summed E-state index contributed by atoms with van der Waals surface area (Å²) >= 11 is 0. The molecular formula is C9H16N4O2S. The number of sulfonamides is 1. The Hall–Kier alpha value is -0.950. The topological polar surface area (TPSA) is 87.7 Å². The summed E-state index contributed by atoms with van der Waals surface area (Å²) in [4.78, 5) is 3.87. The van der Waals surface area contributed by atoms with Crippen LogP contribution in [-0.4, -0.2) is 28.8 Å². The predicted octanol–water partition coefficient (Wildman–Crippen LogP) is 0.557. The molecule has 0 aromatic carbocycles. The third-order valence-electron chi connectivity index (χ3n) is 2.90. The molecule has 90 valence electrons. The molecule has 1 aromatic heterocycles. The zero-order chi connectivity index (χ0) is 11.4. The molecular weight excluding hydrogens is 228 g/mol. The monoisotopic (exact) mass is 244 g/mol. The lowest BCUT2D eigenvalue weighted by atomic mass is 10.0. The van der Waals surface area contributed by atoms with Crippen molar-refractivity contribution in [3.8, 4) is 0 Å². The van der Waals surface area contributed by atoms with Crippen LogP contribution in [0.4, 0.5) is 0 Å². The fraction of sp³-hybridized carbons (Fsp3) is 0.778. The molecule has 0 bridgehead atoms. The predicted molar refractivity (Wildman–Crippen MR) is 59.0 cm³/mol. The molecule has 1 saturated carbocycles. The highest BCUT2D eigenvalue weighted by Crippen LogP contribution is 2.22. The molecule has 0 radical (unpaired) electrons. The molecule has 0 amide bonds. The van der Waals surface area contributed by atoms with Gasteiger partial charge in [0.05, 0.1) is 11.8 Å². The van der Waals surface area contributed by atoms with Crippen LogP contribution in [0.25, 0.3) is 0 Å². The van der Waals surface area contributed by atoms with Crippen LogP contribution in [0.3, 0.4) is 0 Å². The smallest absolute Gasteiger partial charge is 0.214 e. The van der Waals surface area contributed by atoms with Crippen molar-refractivity contribution in [1.29, 1.82) is 0 Å². The number of rotatable bonds is 4. The maximum atomic E-state index is 11.9. The van der Waals surface area contributed by atoms with Gasteiger partial charge in [-0.2, -0.15) is 5.10 Å². The molecule has 2 rings (SSSR count). The SMILES string of the molecule is O=S(=O)(NCc1ncn[nH]1)C1CCCCC1. The highest BCUT2D eigenvalue weighted by Gasteiger charge is 2.26. The maximum Gasteiger partial charge on any atom is 0.214 e. The summed E-state index contributed by atoms with van der Waals surface area (Å²) in [6, 6.07) is 0. The number of aromatic amines is 1. The molecule has 1 heterocycles. The molecule has 1 aliphatic carbocycles. The Kier molecular flexibility index (Phi) is 3.55. The first-order valence-corrected chi connectivity index (χ1v) is 7.06. The number of hydrogen-bond acceptors (Lipinski definition) is 4. The highest BCUT2D eigenvalue weighted by atomic mass is 32.2. The van der Waals surface area contributed by atoms with Crippen LogP contribution in [-0.2, 0) is 16.6 Å². The molecule has 1 aromatic rings. The van der Waals surface area contributed by atoms with Crippen molar-refractivity contribution in [3.63, 3.8) is 0 Å². The minimum Gasteiger partial charge on any atom is -0.262 e. The normalized spacial score (nSPS) is 18.8. The summed E-state index contributed by atoms with van der Waals surface area (Å²) in [6.07, 6.45) is 6.07. The summed E-state index contributed by atoms with van der Waals surface area (Å²) in [7, 11) is -3.20. The van der Waals surface area contributed by atoms with Gasteiger partial charge in [-0.25, -0.2) is 18.1 Å². The van der Waals surface area contributed by atoms with Gasteiger partial charge in [-0.3, -0.25) is 5.10 Å². The minimum absolute atomic E-state index is 0.193. The molecule has 0 atom stereocenters. The average Bonchev–Trinajstić information content (AvgIpc) is 2.81. The van der Waals surface area contributed by atoms with Crippen LogP contribution in [0.2, 0.25) is 0 Å². The first-order valence-electron chi connectivity index (χ1n) is 5.51. The fourth-order valence-electron chi connectivity index (χ4n) is 1.98. The number of H-pyrrole nitrogens is 1. The number of aromatic nitrogens is 3. The average molecular weight is 244 g/mol. The van der Waals surface area contributed by atoms with Crippen LogP contribution in [0, 0.1) is 0 Å². The zero-order valence-corrected chi connectivity index (χ0v) is 9.83. The van der Waals surface area contributed by atoms with E-state index in [-0.39, 0.29) is 11.8 Å². The summed E-state index contributed by atoms with van der Waals surface area (Å²) in [5.41, 5.74) is 0. The lowest BCUT2D eigenvalue weighted by molar-refractivity contribution is 0.477. The van der Waals surface area contributed by atoms with Gasteiger partial charge in [-0.15, -0.1) is 0 Å². The van der Waals surface area contributed by atoms with Gasteiger partial charge in [0, 0.05) is 0 Å². The summed E-state index contributed by atoms with van der Waals surface area (Å²) < 4.78 is 26.4. The van der Waals surface area contributed by atoms with Gasteiger partial charge in [0.2, 0.25) is 10.0 Å². The standard InChI is InChI=1S/C9H16N4O2S/c14-16(15,8-4-2-1-3-5-8)12-6-9-10-7-11-13-9/h7-8,12H,1-6H2,(H,10,11,13). The Morgan fingerprint density at radius 1 is 1.38 bits per heavy atom. The Morgan fingerprint density at radius 2 is 2.12 bits per heavy atom. The van der Waals surface area contributed by atoms with Crippen molar-refractivity contribution in [3.05, 3.63) is 12.2 Å². The number of nitrogens with one attached hydrogen (secondary N) is 2. The molecule has 2 N–H and O–H groups in total. The van der Waals surface area contributed by atoms with Crippen molar-refractivity contribution in [2.45, 2.75) is 43.9 Å².